The molecule has 0 spiro atoms. The molecule has 2 N–H and O–H groups in total. The van der Waals surface area contributed by atoms with E-state index >= 15 is 0 Å². The minimum atomic E-state index is -4.46. The van der Waals surface area contributed by atoms with E-state index < -0.39 is 37.2 Å². The van der Waals surface area contributed by atoms with Crippen molar-refractivity contribution in [3.05, 3.63) is 48.5 Å². The number of hydrogen-bond acceptors (Lipinski definition) is 5. The Morgan fingerprint density at radius 3 is 1.43 bits per heavy atom. The van der Waals surface area contributed by atoms with Crippen LogP contribution in [0.4, 0.5) is 0 Å². The van der Waals surface area contributed by atoms with Gasteiger partial charge in [0.15, 0.2) is 0 Å². The first-order chi connectivity index (χ1) is 10.4. The number of benzene rings is 2. The molecule has 0 fully saturated rings. The van der Waals surface area contributed by atoms with Crippen molar-refractivity contribution in [3.63, 3.8) is 0 Å². The Kier molecular flexibility index (Phi) is 4.53. The highest BCUT2D eigenvalue weighted by atomic mass is 32.2. The zero-order chi connectivity index (χ0) is 17.5. The first-order valence-corrected chi connectivity index (χ1v) is 11.2. The predicted octanol–water partition coefficient (Wildman–Crippen LogP) is 1.12. The van der Waals surface area contributed by atoms with Crippen molar-refractivity contribution in [2.45, 2.75) is 9.79 Å². The smallest absolute Gasteiger partial charge is 0.294 e. The highest BCUT2D eigenvalue weighted by Crippen LogP contribution is 2.39. The van der Waals surface area contributed by atoms with Crippen LogP contribution in [-0.2, 0) is 24.8 Å². The first-order valence-electron chi connectivity index (χ1n) is 6.16. The molecule has 0 saturated carbocycles. The minimum absolute atomic E-state index is 0.125. The van der Waals surface area contributed by atoms with Crippen LogP contribution < -0.4 is 10.6 Å². The molecule has 2 rings (SSSR count). The van der Waals surface area contributed by atoms with Crippen LogP contribution in [0.5, 0.6) is 0 Å². The van der Waals surface area contributed by atoms with E-state index in [1.807, 2.05) is 0 Å². The summed E-state index contributed by atoms with van der Waals surface area (Å²) in [5.74, 6) is 0. The molecule has 0 radical (unpaired) electrons. The van der Waals surface area contributed by atoms with Gasteiger partial charge in [-0.05, 0) is 30.9 Å². The molecule has 0 aliphatic carbocycles. The largest absolute Gasteiger partial charge is 0.314 e. The van der Waals surface area contributed by atoms with Gasteiger partial charge >= 0.3 is 0 Å². The van der Waals surface area contributed by atoms with Crippen LogP contribution in [0.1, 0.15) is 0 Å². The second-order valence-corrected chi connectivity index (χ2v) is 10.6. The first kappa shape index (κ1) is 17.8. The van der Waals surface area contributed by atoms with Gasteiger partial charge in [-0.25, -0.2) is 0 Å². The lowest BCUT2D eigenvalue weighted by molar-refractivity contribution is 0.481. The number of hydrogen-bond donors (Lipinski definition) is 2. The van der Waals surface area contributed by atoms with Gasteiger partial charge in [-0.1, -0.05) is 24.3 Å². The molecular weight excluding hydrogens is 363 g/mol. The lowest BCUT2D eigenvalue weighted by Crippen LogP contribution is -2.17. The molecule has 0 amide bonds. The molecule has 0 aliphatic heterocycles. The van der Waals surface area contributed by atoms with E-state index in [4.69, 9.17) is 9.11 Å². The summed E-state index contributed by atoms with van der Waals surface area (Å²) >= 11 is 0. The molecule has 0 aromatic heterocycles. The van der Waals surface area contributed by atoms with Crippen LogP contribution >= 0.6 is 7.14 Å². The summed E-state index contributed by atoms with van der Waals surface area (Å²) in [4.78, 5) is -0.828. The van der Waals surface area contributed by atoms with Crippen LogP contribution in [0, 0.1) is 0 Å². The fourth-order valence-corrected chi connectivity index (χ4v) is 5.01. The van der Waals surface area contributed by atoms with Gasteiger partial charge in [0.25, 0.3) is 20.2 Å². The molecule has 0 bridgehead atoms. The fourth-order valence-electron chi connectivity index (χ4n) is 1.97. The van der Waals surface area contributed by atoms with E-state index in [1.165, 1.54) is 30.9 Å². The van der Waals surface area contributed by atoms with Crippen molar-refractivity contribution >= 4 is 38.0 Å². The standard InChI is InChI=1S/C13H13O7PS2/c1-21(14,10-4-2-6-12(8-10)22(15,16)17)11-5-3-7-13(9-11)23(18,19)20/h2-9H,1H3,(H,15,16,17)(H,18,19,20). The third-order valence-electron chi connectivity index (χ3n) is 3.22. The highest BCUT2D eigenvalue weighted by Gasteiger charge is 2.24. The maximum absolute atomic E-state index is 13.0. The van der Waals surface area contributed by atoms with Gasteiger partial charge < -0.3 is 4.57 Å². The zero-order valence-electron chi connectivity index (χ0n) is 11.8. The Morgan fingerprint density at radius 1 is 0.783 bits per heavy atom. The summed E-state index contributed by atoms with van der Waals surface area (Å²) in [6, 6.07) is 9.89. The van der Waals surface area contributed by atoms with Crippen molar-refractivity contribution in [2.24, 2.45) is 0 Å². The van der Waals surface area contributed by atoms with E-state index in [1.54, 1.807) is 0 Å². The minimum Gasteiger partial charge on any atom is -0.314 e. The van der Waals surface area contributed by atoms with Gasteiger partial charge in [-0.2, -0.15) is 16.8 Å². The molecule has 0 heterocycles. The van der Waals surface area contributed by atoms with Crippen LogP contribution in [0.2, 0.25) is 0 Å². The average molecular weight is 376 g/mol. The molecule has 2 aromatic rings. The monoisotopic (exact) mass is 376 g/mol. The highest BCUT2D eigenvalue weighted by molar-refractivity contribution is 7.86. The Bertz CT molecular complexity index is 931. The maximum Gasteiger partial charge on any atom is 0.294 e. The quantitative estimate of drug-likeness (QED) is 0.605. The van der Waals surface area contributed by atoms with Crippen LogP contribution in [0.25, 0.3) is 0 Å². The van der Waals surface area contributed by atoms with Crippen LogP contribution in [-0.4, -0.2) is 32.6 Å². The fraction of sp³-hybridized carbons (Fsp3) is 0.0769. The van der Waals surface area contributed by atoms with Crippen LogP contribution in [0.15, 0.2) is 58.3 Å². The molecule has 10 heteroatoms. The average Bonchev–Trinajstić information content (AvgIpc) is 2.46. The van der Waals surface area contributed by atoms with E-state index in [0.717, 1.165) is 24.3 Å². The summed E-state index contributed by atoms with van der Waals surface area (Å²) in [5, 5.41) is 0.250. The van der Waals surface area contributed by atoms with Crippen LogP contribution in [0.3, 0.4) is 0 Å². The molecule has 7 nitrogen and oxygen atoms in total. The summed E-state index contributed by atoms with van der Waals surface area (Å²) in [5.41, 5.74) is 0. The lowest BCUT2D eigenvalue weighted by atomic mass is 10.4. The maximum atomic E-state index is 13.0. The van der Waals surface area contributed by atoms with E-state index in [-0.39, 0.29) is 10.6 Å². The summed E-state index contributed by atoms with van der Waals surface area (Å²) in [6.45, 7) is 1.33. The van der Waals surface area contributed by atoms with Gasteiger partial charge in [-0.15, -0.1) is 0 Å². The second-order valence-electron chi connectivity index (χ2n) is 4.87. The molecule has 2 aromatic carbocycles. The Labute approximate surface area is 133 Å². The summed E-state index contributed by atoms with van der Waals surface area (Å²) in [6.07, 6.45) is 0. The Hall–Kier alpha value is -1.51. The second kappa shape index (κ2) is 5.85. The Balaban J connectivity index is 2.62. The van der Waals surface area contributed by atoms with E-state index in [2.05, 4.69) is 0 Å². The lowest BCUT2D eigenvalue weighted by Gasteiger charge is -2.15. The van der Waals surface area contributed by atoms with Gasteiger partial charge in [0.1, 0.15) is 7.14 Å². The van der Waals surface area contributed by atoms with Crippen molar-refractivity contribution in [1.29, 1.82) is 0 Å². The SMILES string of the molecule is CP(=O)(c1cccc(S(=O)(=O)O)c1)c1cccc(S(=O)(=O)O)c1. The third-order valence-corrected chi connectivity index (χ3v) is 7.44. The van der Waals surface area contributed by atoms with Crippen molar-refractivity contribution < 1.29 is 30.5 Å². The molecule has 124 valence electrons. The van der Waals surface area contributed by atoms with Gasteiger partial charge in [0.2, 0.25) is 0 Å². The molecule has 0 saturated heterocycles. The number of rotatable bonds is 4. The normalized spacial score (nSPS) is 13.0. The van der Waals surface area contributed by atoms with Gasteiger partial charge in [-0.3, -0.25) is 9.11 Å². The molecule has 23 heavy (non-hydrogen) atoms. The Morgan fingerprint density at radius 2 is 1.13 bits per heavy atom. The molecule has 0 unspecified atom stereocenters. The summed E-state index contributed by atoms with van der Waals surface area (Å²) in [7, 11) is -12.3. The summed E-state index contributed by atoms with van der Waals surface area (Å²) < 4.78 is 75.9. The topological polar surface area (TPSA) is 126 Å². The van der Waals surface area contributed by atoms with Crippen molar-refractivity contribution in [3.8, 4) is 0 Å². The van der Waals surface area contributed by atoms with Gasteiger partial charge in [0, 0.05) is 10.6 Å². The molecule has 0 aliphatic rings. The molecular formula is C13H13O7PS2. The predicted molar refractivity (Wildman–Crippen MR) is 85.3 cm³/mol. The molecule has 0 atom stereocenters. The zero-order valence-corrected chi connectivity index (χ0v) is 14.3. The van der Waals surface area contributed by atoms with E-state index in [0.29, 0.717) is 0 Å². The van der Waals surface area contributed by atoms with Crippen molar-refractivity contribution in [2.75, 3.05) is 6.66 Å². The third kappa shape index (κ3) is 3.88. The van der Waals surface area contributed by atoms with Crippen molar-refractivity contribution in [1.82, 2.24) is 0 Å². The van der Waals surface area contributed by atoms with E-state index in [9.17, 15) is 21.4 Å². The van der Waals surface area contributed by atoms with Gasteiger partial charge in [0.05, 0.1) is 9.79 Å².